The fourth-order valence-corrected chi connectivity index (χ4v) is 0.429. The van der Waals surface area contributed by atoms with Crippen LogP contribution in [0.25, 0.3) is 0 Å². The summed E-state index contributed by atoms with van der Waals surface area (Å²) in [6.07, 6.45) is 1.50. The second-order valence-corrected chi connectivity index (χ2v) is 1.55. The molecule has 0 saturated heterocycles. The van der Waals surface area contributed by atoms with E-state index in [0.717, 1.165) is 0 Å². The Morgan fingerprint density at radius 2 is 2.75 bits per heavy atom. The molecule has 8 heavy (non-hydrogen) atoms. The number of aliphatic imine (C=N–C) groups is 1. The molecule has 0 spiro atoms. The van der Waals surface area contributed by atoms with Gasteiger partial charge in [-0.25, -0.2) is 0 Å². The summed E-state index contributed by atoms with van der Waals surface area (Å²) < 4.78 is 0. The first kappa shape index (κ1) is 5.08. The highest BCUT2D eigenvalue weighted by atomic mass is 16.2. The Morgan fingerprint density at radius 3 is 3.12 bits per heavy atom. The Morgan fingerprint density at radius 1 is 2.00 bits per heavy atom. The van der Waals surface area contributed by atoms with Gasteiger partial charge in [-0.1, -0.05) is 0 Å². The molecule has 1 rings (SSSR count). The molecule has 1 N–H and O–H groups in total. The first-order valence-electron chi connectivity index (χ1n) is 2.32. The zero-order valence-corrected chi connectivity index (χ0v) is 4.59. The van der Waals surface area contributed by atoms with Crippen LogP contribution in [0, 0.1) is 0 Å². The number of hydrogen-bond acceptors (Lipinski definition) is 3. The standard InChI is InChI=1S/C4H7N3O/c1-7-4(8)2-5-3-6-7/h3H,2H2,1H3,(H,5,6). The molecule has 0 aromatic rings. The van der Waals surface area contributed by atoms with Crippen LogP contribution in [-0.4, -0.2) is 30.8 Å². The van der Waals surface area contributed by atoms with Crippen molar-refractivity contribution in [1.82, 2.24) is 10.4 Å². The lowest BCUT2D eigenvalue weighted by Gasteiger charge is -2.17. The molecular weight excluding hydrogens is 106 g/mol. The Bertz CT molecular complexity index is 131. The third-order valence-electron chi connectivity index (χ3n) is 0.943. The van der Waals surface area contributed by atoms with Crippen molar-refractivity contribution in [2.45, 2.75) is 0 Å². The minimum absolute atomic E-state index is 0.00694. The second-order valence-electron chi connectivity index (χ2n) is 1.55. The summed E-state index contributed by atoms with van der Waals surface area (Å²) in [6.45, 7) is 0.267. The van der Waals surface area contributed by atoms with Crippen LogP contribution in [0.2, 0.25) is 0 Å². The minimum Gasteiger partial charge on any atom is -0.286 e. The normalized spacial score (nSPS) is 18.6. The van der Waals surface area contributed by atoms with Crippen LogP contribution < -0.4 is 5.43 Å². The van der Waals surface area contributed by atoms with Crippen LogP contribution in [0.5, 0.6) is 0 Å². The second kappa shape index (κ2) is 1.81. The van der Waals surface area contributed by atoms with Crippen LogP contribution in [0.4, 0.5) is 0 Å². The average molecular weight is 113 g/mol. The number of hydrazine groups is 1. The number of carbonyl (C=O) groups is 1. The van der Waals surface area contributed by atoms with Gasteiger partial charge in [-0.15, -0.1) is 0 Å². The molecule has 0 radical (unpaired) electrons. The van der Waals surface area contributed by atoms with Crippen molar-refractivity contribution in [3.63, 3.8) is 0 Å². The number of nitrogens with zero attached hydrogens (tertiary/aromatic N) is 2. The highest BCUT2D eigenvalue weighted by Gasteiger charge is 2.07. The Kier molecular flexibility index (Phi) is 1.15. The maximum absolute atomic E-state index is 10.5. The number of rotatable bonds is 0. The molecule has 1 aliphatic heterocycles. The maximum Gasteiger partial charge on any atom is 0.262 e. The highest BCUT2D eigenvalue weighted by Crippen LogP contribution is 1.82. The maximum atomic E-state index is 10.5. The molecule has 0 fully saturated rings. The van der Waals surface area contributed by atoms with Gasteiger partial charge in [0.15, 0.2) is 0 Å². The molecule has 1 aliphatic rings. The van der Waals surface area contributed by atoms with E-state index in [1.807, 2.05) is 0 Å². The summed E-state index contributed by atoms with van der Waals surface area (Å²) in [7, 11) is 1.66. The third kappa shape index (κ3) is 0.776. The molecule has 0 saturated carbocycles. The van der Waals surface area contributed by atoms with Gasteiger partial charge in [-0.05, 0) is 0 Å². The molecule has 0 aliphatic carbocycles. The van der Waals surface area contributed by atoms with Gasteiger partial charge in [0.05, 0.1) is 0 Å². The monoisotopic (exact) mass is 113 g/mol. The predicted octanol–water partition coefficient (Wildman–Crippen LogP) is -1.01. The van der Waals surface area contributed by atoms with Crippen molar-refractivity contribution in [3.8, 4) is 0 Å². The lowest BCUT2D eigenvalue weighted by atomic mass is 10.6. The highest BCUT2D eigenvalue weighted by molar-refractivity contribution is 5.82. The molecule has 0 aromatic carbocycles. The lowest BCUT2D eigenvalue weighted by Crippen LogP contribution is -2.43. The molecule has 44 valence electrons. The van der Waals surface area contributed by atoms with Gasteiger partial charge in [0.1, 0.15) is 12.9 Å². The molecule has 1 amide bonds. The number of nitrogens with one attached hydrogen (secondary N) is 1. The van der Waals surface area contributed by atoms with Crippen LogP contribution in [0.15, 0.2) is 4.99 Å². The Hall–Kier alpha value is -1.06. The van der Waals surface area contributed by atoms with Crippen molar-refractivity contribution in [1.29, 1.82) is 0 Å². The van der Waals surface area contributed by atoms with Gasteiger partial charge in [0.2, 0.25) is 0 Å². The van der Waals surface area contributed by atoms with Gasteiger partial charge < -0.3 is 0 Å². The molecule has 0 bridgehead atoms. The number of amides is 1. The zero-order chi connectivity index (χ0) is 5.98. The molecule has 0 unspecified atom stereocenters. The van der Waals surface area contributed by atoms with Gasteiger partial charge in [0, 0.05) is 7.05 Å². The van der Waals surface area contributed by atoms with Crippen molar-refractivity contribution in [2.75, 3.05) is 13.6 Å². The number of hydrogen-bond donors (Lipinski definition) is 1. The van der Waals surface area contributed by atoms with Gasteiger partial charge in [-0.3, -0.25) is 20.2 Å². The van der Waals surface area contributed by atoms with E-state index < -0.39 is 0 Å². The Balaban J connectivity index is 2.57. The summed E-state index contributed by atoms with van der Waals surface area (Å²) in [6, 6.07) is 0. The van der Waals surface area contributed by atoms with E-state index in [9.17, 15) is 4.79 Å². The van der Waals surface area contributed by atoms with Crippen LogP contribution in [0.1, 0.15) is 0 Å². The van der Waals surface area contributed by atoms with Crippen LogP contribution >= 0.6 is 0 Å². The number of carbonyl (C=O) groups excluding carboxylic acids is 1. The third-order valence-corrected chi connectivity index (χ3v) is 0.943. The topological polar surface area (TPSA) is 44.7 Å². The zero-order valence-electron chi connectivity index (χ0n) is 4.59. The molecule has 4 heteroatoms. The fourth-order valence-electron chi connectivity index (χ4n) is 0.429. The van der Waals surface area contributed by atoms with Crippen molar-refractivity contribution >= 4 is 12.2 Å². The van der Waals surface area contributed by atoms with E-state index in [0.29, 0.717) is 0 Å². The molecule has 0 aromatic heterocycles. The summed E-state index contributed by atoms with van der Waals surface area (Å²) in [4.78, 5) is 14.2. The Labute approximate surface area is 47.2 Å². The van der Waals surface area contributed by atoms with Gasteiger partial charge in [-0.2, -0.15) is 0 Å². The lowest BCUT2D eigenvalue weighted by molar-refractivity contribution is -0.130. The van der Waals surface area contributed by atoms with E-state index in [-0.39, 0.29) is 12.5 Å². The van der Waals surface area contributed by atoms with E-state index >= 15 is 0 Å². The average Bonchev–Trinajstić information content (AvgIpc) is 1.77. The summed E-state index contributed by atoms with van der Waals surface area (Å²) >= 11 is 0. The quantitative estimate of drug-likeness (QED) is 0.437. The fraction of sp³-hybridized carbons (Fsp3) is 0.500. The van der Waals surface area contributed by atoms with Crippen molar-refractivity contribution < 1.29 is 4.79 Å². The van der Waals surface area contributed by atoms with Gasteiger partial charge in [0.25, 0.3) is 5.91 Å². The summed E-state index contributed by atoms with van der Waals surface area (Å²) in [5, 5.41) is 1.40. The van der Waals surface area contributed by atoms with E-state index in [4.69, 9.17) is 0 Å². The van der Waals surface area contributed by atoms with Gasteiger partial charge >= 0.3 is 0 Å². The van der Waals surface area contributed by atoms with E-state index in [1.165, 1.54) is 11.3 Å². The molecule has 0 atom stereocenters. The number of likely N-dealkylation sites (N-methyl/N-ethyl adjacent to an activating group) is 1. The van der Waals surface area contributed by atoms with Crippen molar-refractivity contribution in [3.05, 3.63) is 0 Å². The van der Waals surface area contributed by atoms with Crippen LogP contribution in [-0.2, 0) is 4.79 Å². The molecule has 1 heterocycles. The van der Waals surface area contributed by atoms with Crippen LogP contribution in [0.3, 0.4) is 0 Å². The largest absolute Gasteiger partial charge is 0.286 e. The molecule has 4 nitrogen and oxygen atoms in total. The summed E-state index contributed by atoms with van der Waals surface area (Å²) in [5.41, 5.74) is 2.62. The van der Waals surface area contributed by atoms with E-state index in [1.54, 1.807) is 7.05 Å². The smallest absolute Gasteiger partial charge is 0.262 e. The predicted molar refractivity (Wildman–Crippen MR) is 29.3 cm³/mol. The first-order chi connectivity index (χ1) is 3.80. The minimum atomic E-state index is -0.00694. The SMILES string of the molecule is CN1NC=NCC1=O. The molecular formula is C4H7N3O. The first-order valence-corrected chi connectivity index (χ1v) is 2.32. The van der Waals surface area contributed by atoms with E-state index in [2.05, 4.69) is 10.4 Å². The van der Waals surface area contributed by atoms with Crippen molar-refractivity contribution in [2.24, 2.45) is 4.99 Å². The summed E-state index contributed by atoms with van der Waals surface area (Å²) in [5.74, 6) is -0.00694.